The van der Waals surface area contributed by atoms with Crippen molar-refractivity contribution in [3.63, 3.8) is 0 Å². The number of anilines is 1. The summed E-state index contributed by atoms with van der Waals surface area (Å²) >= 11 is 0. The molecule has 0 aliphatic heterocycles. The number of nitrogens with one attached hydrogen (secondary N) is 1. The number of ether oxygens (including phenoxy) is 1. The Kier molecular flexibility index (Phi) is 7.21. The molecule has 2 unspecified atom stereocenters. The van der Waals surface area contributed by atoms with E-state index in [0.29, 0.717) is 18.7 Å². The molecule has 138 valence electrons. The Labute approximate surface area is 154 Å². The predicted octanol–water partition coefficient (Wildman–Crippen LogP) is 3.57. The molecular weight excluding hydrogens is 328 g/mol. The zero-order valence-corrected chi connectivity index (χ0v) is 15.3. The molecule has 2 rings (SSSR count). The summed E-state index contributed by atoms with van der Waals surface area (Å²) in [7, 11) is 0. The second-order valence-corrected chi connectivity index (χ2v) is 6.11. The lowest BCUT2D eigenvalue weighted by atomic mass is 9.94. The molecule has 0 saturated heterocycles. The van der Waals surface area contributed by atoms with Crippen LogP contribution in [0.25, 0.3) is 0 Å². The van der Waals surface area contributed by atoms with Gasteiger partial charge in [0.25, 0.3) is 0 Å². The van der Waals surface area contributed by atoms with Crippen molar-refractivity contribution in [3.8, 4) is 0 Å². The van der Waals surface area contributed by atoms with Gasteiger partial charge in [-0.1, -0.05) is 49.4 Å². The third-order valence-electron chi connectivity index (χ3n) is 4.23. The van der Waals surface area contributed by atoms with Crippen LogP contribution in [0.15, 0.2) is 54.6 Å². The second kappa shape index (κ2) is 9.61. The van der Waals surface area contributed by atoms with E-state index in [1.165, 1.54) is 0 Å². The molecule has 0 fully saturated rings. The van der Waals surface area contributed by atoms with Crippen molar-refractivity contribution < 1.29 is 14.3 Å². The lowest BCUT2D eigenvalue weighted by Gasteiger charge is -2.22. The van der Waals surface area contributed by atoms with Gasteiger partial charge < -0.3 is 15.8 Å². The molecule has 26 heavy (non-hydrogen) atoms. The van der Waals surface area contributed by atoms with E-state index in [1.54, 1.807) is 19.1 Å². The molecule has 3 N–H and O–H groups in total. The SMILES string of the molecule is CCOC(=O)CC(NC(=O)C(CC)c1ccccc1)c1cccc(N)c1. The van der Waals surface area contributed by atoms with E-state index >= 15 is 0 Å². The van der Waals surface area contributed by atoms with E-state index in [4.69, 9.17) is 10.5 Å². The Hall–Kier alpha value is -2.82. The first kappa shape index (κ1) is 19.5. The molecule has 0 radical (unpaired) electrons. The van der Waals surface area contributed by atoms with Gasteiger partial charge in [-0.2, -0.15) is 0 Å². The number of esters is 1. The molecule has 2 aromatic rings. The number of hydrogen-bond acceptors (Lipinski definition) is 4. The topological polar surface area (TPSA) is 81.4 Å². The number of amides is 1. The summed E-state index contributed by atoms with van der Waals surface area (Å²) in [6.07, 6.45) is 0.729. The largest absolute Gasteiger partial charge is 0.466 e. The minimum Gasteiger partial charge on any atom is -0.466 e. The summed E-state index contributed by atoms with van der Waals surface area (Å²) in [4.78, 5) is 24.9. The van der Waals surface area contributed by atoms with Gasteiger partial charge in [0.15, 0.2) is 0 Å². The van der Waals surface area contributed by atoms with Crippen molar-refractivity contribution in [3.05, 3.63) is 65.7 Å². The number of nitrogen functional groups attached to an aromatic ring is 1. The zero-order chi connectivity index (χ0) is 18.9. The molecule has 2 atom stereocenters. The molecule has 2 aromatic carbocycles. The summed E-state index contributed by atoms with van der Waals surface area (Å²) in [5.41, 5.74) is 8.19. The smallest absolute Gasteiger partial charge is 0.308 e. The lowest BCUT2D eigenvalue weighted by Crippen LogP contribution is -2.34. The average Bonchev–Trinajstić information content (AvgIpc) is 2.63. The Morgan fingerprint density at radius 1 is 1.04 bits per heavy atom. The van der Waals surface area contributed by atoms with Crippen LogP contribution in [-0.2, 0) is 14.3 Å². The highest BCUT2D eigenvalue weighted by molar-refractivity contribution is 5.84. The van der Waals surface area contributed by atoms with E-state index < -0.39 is 6.04 Å². The Balaban J connectivity index is 2.21. The van der Waals surface area contributed by atoms with Crippen LogP contribution in [0.5, 0.6) is 0 Å². The summed E-state index contributed by atoms with van der Waals surface area (Å²) in [5.74, 6) is -0.745. The van der Waals surface area contributed by atoms with Gasteiger partial charge in [0.05, 0.1) is 25.0 Å². The van der Waals surface area contributed by atoms with Crippen LogP contribution in [-0.4, -0.2) is 18.5 Å². The molecule has 0 bridgehead atoms. The summed E-state index contributed by atoms with van der Waals surface area (Å²) in [6.45, 7) is 4.03. The fourth-order valence-electron chi connectivity index (χ4n) is 2.94. The lowest BCUT2D eigenvalue weighted by molar-refractivity contribution is -0.143. The van der Waals surface area contributed by atoms with Gasteiger partial charge in [-0.15, -0.1) is 0 Å². The minimum absolute atomic E-state index is 0.0637. The molecular formula is C21H26N2O3. The van der Waals surface area contributed by atoms with Crippen LogP contribution in [0.4, 0.5) is 5.69 Å². The third kappa shape index (κ3) is 5.34. The highest BCUT2D eigenvalue weighted by Crippen LogP contribution is 2.24. The Morgan fingerprint density at radius 2 is 1.73 bits per heavy atom. The van der Waals surface area contributed by atoms with Crippen LogP contribution in [0.2, 0.25) is 0 Å². The van der Waals surface area contributed by atoms with Crippen molar-refractivity contribution >= 4 is 17.6 Å². The molecule has 0 aromatic heterocycles. The van der Waals surface area contributed by atoms with E-state index in [-0.39, 0.29) is 24.2 Å². The minimum atomic E-state index is -0.484. The number of nitrogens with two attached hydrogens (primary N) is 1. The van der Waals surface area contributed by atoms with E-state index in [2.05, 4.69) is 5.32 Å². The van der Waals surface area contributed by atoms with Gasteiger partial charge in [-0.3, -0.25) is 9.59 Å². The standard InChI is InChI=1S/C21H26N2O3/c1-3-18(15-9-6-5-7-10-15)21(25)23-19(14-20(24)26-4-2)16-11-8-12-17(22)13-16/h5-13,18-19H,3-4,14,22H2,1-2H3,(H,23,25). The van der Waals surface area contributed by atoms with Crippen molar-refractivity contribution in [1.29, 1.82) is 0 Å². The fraction of sp³-hybridized carbons (Fsp3) is 0.333. The quantitative estimate of drug-likeness (QED) is 0.561. The predicted molar refractivity (Wildman–Crippen MR) is 102 cm³/mol. The summed E-state index contributed by atoms with van der Waals surface area (Å²) < 4.78 is 5.06. The highest BCUT2D eigenvalue weighted by Gasteiger charge is 2.24. The average molecular weight is 354 g/mol. The van der Waals surface area contributed by atoms with Crippen LogP contribution in [0.3, 0.4) is 0 Å². The first-order valence-electron chi connectivity index (χ1n) is 8.91. The number of carbonyl (C=O) groups is 2. The molecule has 0 aliphatic rings. The van der Waals surface area contributed by atoms with Gasteiger partial charge in [-0.25, -0.2) is 0 Å². The Morgan fingerprint density at radius 3 is 2.35 bits per heavy atom. The molecule has 0 aliphatic carbocycles. The van der Waals surface area contributed by atoms with Gasteiger partial charge in [-0.05, 0) is 36.6 Å². The van der Waals surface area contributed by atoms with Gasteiger partial charge in [0.1, 0.15) is 0 Å². The molecule has 1 amide bonds. The normalized spacial score (nSPS) is 12.8. The van der Waals surface area contributed by atoms with Crippen LogP contribution >= 0.6 is 0 Å². The Bertz CT molecular complexity index is 731. The van der Waals surface area contributed by atoms with Crippen LogP contribution < -0.4 is 11.1 Å². The molecule has 0 heterocycles. The van der Waals surface area contributed by atoms with Crippen molar-refractivity contribution in [1.82, 2.24) is 5.32 Å². The highest BCUT2D eigenvalue weighted by atomic mass is 16.5. The number of rotatable bonds is 8. The molecule has 0 spiro atoms. The van der Waals surface area contributed by atoms with Crippen molar-refractivity contribution in [2.24, 2.45) is 0 Å². The van der Waals surface area contributed by atoms with Crippen molar-refractivity contribution in [2.75, 3.05) is 12.3 Å². The van der Waals surface area contributed by atoms with Gasteiger partial charge in [0, 0.05) is 5.69 Å². The molecule has 5 nitrogen and oxygen atoms in total. The third-order valence-corrected chi connectivity index (χ3v) is 4.23. The van der Waals surface area contributed by atoms with Crippen LogP contribution in [0.1, 0.15) is 49.8 Å². The number of benzene rings is 2. The number of carbonyl (C=O) groups excluding carboxylic acids is 2. The van der Waals surface area contributed by atoms with E-state index in [9.17, 15) is 9.59 Å². The summed E-state index contributed by atoms with van der Waals surface area (Å²) in [6, 6.07) is 16.3. The maximum absolute atomic E-state index is 12.9. The number of hydrogen-bond donors (Lipinski definition) is 2. The van der Waals surface area contributed by atoms with Crippen LogP contribution in [0, 0.1) is 0 Å². The van der Waals surface area contributed by atoms with Gasteiger partial charge >= 0.3 is 5.97 Å². The van der Waals surface area contributed by atoms with E-state index in [0.717, 1.165) is 11.1 Å². The molecule has 0 saturated carbocycles. The first-order valence-corrected chi connectivity index (χ1v) is 8.91. The fourth-order valence-corrected chi connectivity index (χ4v) is 2.94. The van der Waals surface area contributed by atoms with Gasteiger partial charge in [0.2, 0.25) is 5.91 Å². The summed E-state index contributed by atoms with van der Waals surface area (Å²) in [5, 5.41) is 3.00. The molecule has 5 heteroatoms. The second-order valence-electron chi connectivity index (χ2n) is 6.11. The first-order chi connectivity index (χ1) is 12.5. The monoisotopic (exact) mass is 354 g/mol. The van der Waals surface area contributed by atoms with E-state index in [1.807, 2.05) is 49.4 Å². The maximum atomic E-state index is 12.9. The zero-order valence-electron chi connectivity index (χ0n) is 15.3. The van der Waals surface area contributed by atoms with Crippen molar-refractivity contribution in [2.45, 2.75) is 38.6 Å². The maximum Gasteiger partial charge on any atom is 0.308 e.